The molecule has 2 aromatic rings. The summed E-state index contributed by atoms with van der Waals surface area (Å²) in [6.07, 6.45) is 1.23. The molecule has 0 heterocycles. The number of hydrogen-bond donors (Lipinski definition) is 3. The highest BCUT2D eigenvalue weighted by molar-refractivity contribution is 6.07. The fraction of sp³-hybridized carbons (Fsp3) is 0.0526. The highest BCUT2D eigenvalue weighted by Crippen LogP contribution is 2.13. The van der Waals surface area contributed by atoms with Crippen molar-refractivity contribution in [3.63, 3.8) is 0 Å². The molecular formula is C19H15N3O4. The number of carboxylic acids is 1. The number of benzene rings is 2. The zero-order valence-electron chi connectivity index (χ0n) is 13.8. The molecule has 7 nitrogen and oxygen atoms in total. The van der Waals surface area contributed by atoms with Crippen LogP contribution in [-0.4, -0.2) is 22.8 Å². The van der Waals surface area contributed by atoms with E-state index in [4.69, 9.17) is 10.4 Å². The lowest BCUT2D eigenvalue weighted by Gasteiger charge is -2.06. The van der Waals surface area contributed by atoms with E-state index in [9.17, 15) is 14.4 Å². The van der Waals surface area contributed by atoms with E-state index in [1.807, 2.05) is 0 Å². The van der Waals surface area contributed by atoms with Crippen molar-refractivity contribution in [2.24, 2.45) is 0 Å². The van der Waals surface area contributed by atoms with Crippen molar-refractivity contribution in [2.45, 2.75) is 6.92 Å². The number of rotatable bonds is 6. The number of carbonyl (C=O) groups excluding carboxylic acids is 2. The van der Waals surface area contributed by atoms with Crippen molar-refractivity contribution in [3.05, 3.63) is 71.4 Å². The fourth-order valence-electron chi connectivity index (χ4n) is 2.00. The standard InChI is InChI=1S/C19H15N3O4/c1-12(23)13-2-8-17(9-3-13)22-18(24)15(10-20)11-21-16-6-4-14(5-7-16)19(25)26/h2-9,11,21H,1H3,(H,22,24)(H,25,26)/b15-11-. The second-order valence-corrected chi connectivity index (χ2v) is 5.28. The molecule has 0 spiro atoms. The van der Waals surface area contributed by atoms with E-state index in [2.05, 4.69) is 10.6 Å². The third-order valence-corrected chi connectivity index (χ3v) is 3.43. The lowest BCUT2D eigenvalue weighted by Crippen LogP contribution is -2.14. The van der Waals surface area contributed by atoms with Gasteiger partial charge in [0.2, 0.25) is 0 Å². The van der Waals surface area contributed by atoms with Crippen LogP contribution in [0.3, 0.4) is 0 Å². The maximum Gasteiger partial charge on any atom is 0.335 e. The Kier molecular flexibility index (Phi) is 5.85. The van der Waals surface area contributed by atoms with Crippen LogP contribution < -0.4 is 10.6 Å². The normalized spacial score (nSPS) is 10.5. The summed E-state index contributed by atoms with van der Waals surface area (Å²) in [5.41, 5.74) is 1.47. The first kappa shape index (κ1) is 18.4. The van der Waals surface area contributed by atoms with Crippen molar-refractivity contribution >= 4 is 29.0 Å². The number of nitriles is 1. The summed E-state index contributed by atoms with van der Waals surface area (Å²) in [6, 6.07) is 13.9. The second-order valence-electron chi connectivity index (χ2n) is 5.28. The van der Waals surface area contributed by atoms with Gasteiger partial charge in [-0.2, -0.15) is 5.26 Å². The van der Waals surface area contributed by atoms with Gasteiger partial charge in [-0.15, -0.1) is 0 Å². The molecule has 0 unspecified atom stereocenters. The van der Waals surface area contributed by atoms with Crippen molar-refractivity contribution in [3.8, 4) is 6.07 Å². The molecule has 3 N–H and O–H groups in total. The lowest BCUT2D eigenvalue weighted by atomic mass is 10.1. The minimum Gasteiger partial charge on any atom is -0.478 e. The Balaban J connectivity index is 2.05. The number of ketones is 1. The molecule has 2 aromatic carbocycles. The summed E-state index contributed by atoms with van der Waals surface area (Å²) in [6.45, 7) is 1.44. The molecule has 1 amide bonds. The van der Waals surface area contributed by atoms with Crippen LogP contribution in [0.5, 0.6) is 0 Å². The van der Waals surface area contributed by atoms with Crippen LogP contribution in [-0.2, 0) is 4.79 Å². The SMILES string of the molecule is CC(=O)c1ccc(NC(=O)/C(C#N)=C\Nc2ccc(C(=O)O)cc2)cc1. The summed E-state index contributed by atoms with van der Waals surface area (Å²) in [5.74, 6) is -1.74. The van der Waals surface area contributed by atoms with Gasteiger partial charge >= 0.3 is 5.97 Å². The van der Waals surface area contributed by atoms with Crippen molar-refractivity contribution < 1.29 is 19.5 Å². The number of carbonyl (C=O) groups is 3. The molecule has 130 valence electrons. The van der Waals surface area contributed by atoms with Crippen molar-refractivity contribution in [1.29, 1.82) is 5.26 Å². The molecule has 0 saturated heterocycles. The maximum absolute atomic E-state index is 12.1. The summed E-state index contributed by atoms with van der Waals surface area (Å²) in [7, 11) is 0. The van der Waals surface area contributed by atoms with Gasteiger partial charge in [-0.3, -0.25) is 9.59 Å². The van der Waals surface area contributed by atoms with Gasteiger partial charge in [-0.05, 0) is 55.5 Å². The zero-order chi connectivity index (χ0) is 19.1. The molecule has 0 atom stereocenters. The van der Waals surface area contributed by atoms with Crippen LogP contribution in [0.25, 0.3) is 0 Å². The Labute approximate surface area is 149 Å². The van der Waals surface area contributed by atoms with Gasteiger partial charge in [-0.25, -0.2) is 4.79 Å². The number of hydrogen-bond acceptors (Lipinski definition) is 5. The van der Waals surface area contributed by atoms with Gasteiger partial charge in [0.05, 0.1) is 5.56 Å². The number of amides is 1. The molecule has 0 aliphatic rings. The molecular weight excluding hydrogens is 334 g/mol. The van der Waals surface area contributed by atoms with Gasteiger partial charge in [-0.1, -0.05) is 0 Å². The molecule has 0 aliphatic carbocycles. The number of anilines is 2. The van der Waals surface area contributed by atoms with Crippen LogP contribution in [0.4, 0.5) is 11.4 Å². The number of aromatic carboxylic acids is 1. The van der Waals surface area contributed by atoms with E-state index in [-0.39, 0.29) is 16.9 Å². The van der Waals surface area contributed by atoms with E-state index in [0.717, 1.165) is 0 Å². The summed E-state index contributed by atoms with van der Waals surface area (Å²) in [4.78, 5) is 34.2. The highest BCUT2D eigenvalue weighted by Gasteiger charge is 2.10. The Bertz CT molecular complexity index is 907. The number of Topliss-reactive ketones (excluding diaryl/α,β-unsaturated/α-hetero) is 1. The summed E-state index contributed by atoms with van der Waals surface area (Å²) >= 11 is 0. The van der Waals surface area contributed by atoms with E-state index in [1.165, 1.54) is 37.4 Å². The molecule has 0 radical (unpaired) electrons. The molecule has 0 saturated carbocycles. The number of nitrogens with zero attached hydrogens (tertiary/aromatic N) is 1. The smallest absolute Gasteiger partial charge is 0.335 e. The molecule has 0 fully saturated rings. The van der Waals surface area contributed by atoms with E-state index < -0.39 is 11.9 Å². The van der Waals surface area contributed by atoms with Gasteiger partial charge < -0.3 is 15.7 Å². The third-order valence-electron chi connectivity index (χ3n) is 3.43. The average Bonchev–Trinajstić information content (AvgIpc) is 2.63. The minimum absolute atomic E-state index is 0.0846. The van der Waals surface area contributed by atoms with Gasteiger partial charge in [0.1, 0.15) is 11.6 Å². The Morgan fingerprint density at radius 3 is 2.00 bits per heavy atom. The first-order chi connectivity index (χ1) is 12.4. The quantitative estimate of drug-likeness (QED) is 0.419. The highest BCUT2D eigenvalue weighted by atomic mass is 16.4. The molecule has 7 heteroatoms. The third kappa shape index (κ3) is 4.79. The molecule has 0 aromatic heterocycles. The summed E-state index contributed by atoms with van der Waals surface area (Å²) in [5, 5.41) is 23.3. The van der Waals surface area contributed by atoms with Crippen LogP contribution in [0.2, 0.25) is 0 Å². The first-order valence-corrected chi connectivity index (χ1v) is 7.53. The minimum atomic E-state index is -1.04. The van der Waals surface area contributed by atoms with Crippen LogP contribution >= 0.6 is 0 Å². The summed E-state index contributed by atoms with van der Waals surface area (Å²) < 4.78 is 0. The van der Waals surface area contributed by atoms with Crippen LogP contribution in [0.1, 0.15) is 27.6 Å². The molecule has 26 heavy (non-hydrogen) atoms. The van der Waals surface area contributed by atoms with E-state index in [1.54, 1.807) is 30.3 Å². The zero-order valence-corrected chi connectivity index (χ0v) is 13.8. The van der Waals surface area contributed by atoms with Gasteiger partial charge in [0.15, 0.2) is 5.78 Å². The van der Waals surface area contributed by atoms with Crippen molar-refractivity contribution in [1.82, 2.24) is 0 Å². The van der Waals surface area contributed by atoms with E-state index >= 15 is 0 Å². The Morgan fingerprint density at radius 2 is 1.50 bits per heavy atom. The predicted octanol–water partition coefficient (Wildman–Crippen LogP) is 3.05. The van der Waals surface area contributed by atoms with E-state index in [0.29, 0.717) is 16.9 Å². The maximum atomic E-state index is 12.1. The Hall–Kier alpha value is -3.92. The van der Waals surface area contributed by atoms with Gasteiger partial charge in [0.25, 0.3) is 5.91 Å². The monoisotopic (exact) mass is 349 g/mol. The largest absolute Gasteiger partial charge is 0.478 e. The first-order valence-electron chi connectivity index (χ1n) is 7.53. The predicted molar refractivity (Wildman–Crippen MR) is 95.8 cm³/mol. The van der Waals surface area contributed by atoms with Crippen LogP contribution in [0.15, 0.2) is 60.3 Å². The fourth-order valence-corrected chi connectivity index (χ4v) is 2.00. The lowest BCUT2D eigenvalue weighted by molar-refractivity contribution is -0.112. The number of nitrogens with one attached hydrogen (secondary N) is 2. The van der Waals surface area contributed by atoms with Crippen molar-refractivity contribution in [2.75, 3.05) is 10.6 Å². The van der Waals surface area contributed by atoms with Crippen LogP contribution in [0, 0.1) is 11.3 Å². The topological polar surface area (TPSA) is 119 Å². The molecule has 0 bridgehead atoms. The molecule has 2 rings (SSSR count). The molecule has 0 aliphatic heterocycles. The number of carboxylic acid groups (broad SMARTS) is 1. The van der Waals surface area contributed by atoms with Gasteiger partial charge in [0, 0.05) is 23.1 Å². The Morgan fingerprint density at radius 1 is 0.962 bits per heavy atom. The average molecular weight is 349 g/mol. The second kappa shape index (κ2) is 8.26.